The molecule has 0 saturated carbocycles. The van der Waals surface area contributed by atoms with Gasteiger partial charge in [0.1, 0.15) is 5.82 Å². The van der Waals surface area contributed by atoms with Crippen LogP contribution in [-0.4, -0.2) is 9.78 Å². The predicted octanol–water partition coefficient (Wildman–Crippen LogP) is 2.71. The fourth-order valence-electron chi connectivity index (χ4n) is 1.37. The number of nitrogens with zero attached hydrogens (tertiary/aromatic N) is 2. The molecule has 0 fully saturated rings. The zero-order valence-electron chi connectivity index (χ0n) is 8.23. The second-order valence-electron chi connectivity index (χ2n) is 3.27. The maximum atomic E-state index is 13.3. The lowest BCUT2D eigenvalue weighted by Gasteiger charge is -2.02. The highest BCUT2D eigenvalue weighted by atomic mass is 19.1. The van der Waals surface area contributed by atoms with Crippen molar-refractivity contribution in [1.29, 1.82) is 0 Å². The van der Waals surface area contributed by atoms with Crippen LogP contribution in [0.2, 0.25) is 0 Å². The van der Waals surface area contributed by atoms with Gasteiger partial charge in [0, 0.05) is 17.3 Å². The van der Waals surface area contributed by atoms with Gasteiger partial charge in [0.15, 0.2) is 0 Å². The average Bonchev–Trinajstić information content (AvgIpc) is 2.69. The summed E-state index contributed by atoms with van der Waals surface area (Å²) >= 11 is 0. The molecule has 0 spiro atoms. The van der Waals surface area contributed by atoms with Crippen LogP contribution < -0.4 is 0 Å². The molecule has 0 bridgehead atoms. The van der Waals surface area contributed by atoms with Crippen LogP contribution >= 0.6 is 0 Å². The van der Waals surface area contributed by atoms with E-state index in [2.05, 4.69) is 11.7 Å². The van der Waals surface area contributed by atoms with Crippen LogP contribution in [0.15, 0.2) is 43.2 Å². The van der Waals surface area contributed by atoms with E-state index in [1.54, 1.807) is 29.1 Å². The molecule has 0 atom stereocenters. The highest BCUT2D eigenvalue weighted by Crippen LogP contribution is 2.08. The Hall–Kier alpha value is -1.90. The Morgan fingerprint density at radius 1 is 1.40 bits per heavy atom. The highest BCUT2D eigenvalue weighted by Gasteiger charge is 2.02. The molecule has 0 amide bonds. The van der Waals surface area contributed by atoms with Crippen molar-refractivity contribution in [2.75, 3.05) is 0 Å². The second-order valence-corrected chi connectivity index (χ2v) is 3.27. The standard InChI is InChI=1S/C12H11FN2/c1-2-10-7-14-15(8-10)9-11-5-3-4-6-12(11)13/h2-8H,1,9H2. The Kier molecular flexibility index (Phi) is 2.63. The van der Waals surface area contributed by atoms with E-state index in [4.69, 9.17) is 0 Å². The average molecular weight is 202 g/mol. The van der Waals surface area contributed by atoms with Crippen molar-refractivity contribution in [3.63, 3.8) is 0 Å². The van der Waals surface area contributed by atoms with Crippen LogP contribution in [0, 0.1) is 5.82 Å². The van der Waals surface area contributed by atoms with Crippen LogP contribution in [0.4, 0.5) is 4.39 Å². The molecule has 0 aliphatic heterocycles. The molecule has 1 aromatic heterocycles. The minimum atomic E-state index is -0.201. The minimum Gasteiger partial charge on any atom is -0.268 e. The Bertz CT molecular complexity index is 474. The predicted molar refractivity (Wildman–Crippen MR) is 57.8 cm³/mol. The molecule has 1 heterocycles. The normalized spacial score (nSPS) is 10.2. The van der Waals surface area contributed by atoms with E-state index in [0.717, 1.165) is 5.56 Å². The van der Waals surface area contributed by atoms with E-state index in [9.17, 15) is 4.39 Å². The van der Waals surface area contributed by atoms with Gasteiger partial charge in [-0.3, -0.25) is 4.68 Å². The quantitative estimate of drug-likeness (QED) is 0.748. The summed E-state index contributed by atoms with van der Waals surface area (Å²) < 4.78 is 15.0. The summed E-state index contributed by atoms with van der Waals surface area (Å²) in [5.41, 5.74) is 1.57. The van der Waals surface area contributed by atoms with Gasteiger partial charge < -0.3 is 0 Å². The molecule has 0 N–H and O–H groups in total. The summed E-state index contributed by atoms with van der Waals surface area (Å²) in [6.45, 7) is 4.09. The van der Waals surface area contributed by atoms with Crippen LogP contribution in [0.5, 0.6) is 0 Å². The van der Waals surface area contributed by atoms with E-state index < -0.39 is 0 Å². The lowest BCUT2D eigenvalue weighted by molar-refractivity contribution is 0.585. The molecule has 3 heteroatoms. The van der Waals surface area contributed by atoms with E-state index in [0.29, 0.717) is 12.1 Å². The first-order valence-corrected chi connectivity index (χ1v) is 4.68. The summed E-state index contributed by atoms with van der Waals surface area (Å²) in [6, 6.07) is 6.70. The van der Waals surface area contributed by atoms with Crippen molar-refractivity contribution in [2.45, 2.75) is 6.54 Å². The van der Waals surface area contributed by atoms with Crippen molar-refractivity contribution >= 4 is 6.08 Å². The maximum Gasteiger partial charge on any atom is 0.128 e. The largest absolute Gasteiger partial charge is 0.268 e. The maximum absolute atomic E-state index is 13.3. The summed E-state index contributed by atoms with van der Waals surface area (Å²) in [4.78, 5) is 0. The van der Waals surface area contributed by atoms with Crippen molar-refractivity contribution in [1.82, 2.24) is 9.78 Å². The van der Waals surface area contributed by atoms with E-state index in [1.165, 1.54) is 6.07 Å². The summed E-state index contributed by atoms with van der Waals surface area (Å²) in [7, 11) is 0. The third-order valence-electron chi connectivity index (χ3n) is 2.18. The molecular weight excluding hydrogens is 191 g/mol. The smallest absolute Gasteiger partial charge is 0.128 e. The van der Waals surface area contributed by atoms with Crippen LogP contribution in [0.25, 0.3) is 6.08 Å². The van der Waals surface area contributed by atoms with Gasteiger partial charge in [-0.05, 0) is 6.07 Å². The fourth-order valence-corrected chi connectivity index (χ4v) is 1.37. The van der Waals surface area contributed by atoms with E-state index in [1.807, 2.05) is 12.3 Å². The number of rotatable bonds is 3. The van der Waals surface area contributed by atoms with Gasteiger partial charge in [-0.1, -0.05) is 30.9 Å². The first kappa shape index (κ1) is 9.65. The summed E-state index contributed by atoms with van der Waals surface area (Å²) in [5, 5.41) is 4.10. The van der Waals surface area contributed by atoms with Crippen LogP contribution in [0.3, 0.4) is 0 Å². The number of aromatic nitrogens is 2. The number of hydrogen-bond donors (Lipinski definition) is 0. The molecular formula is C12H11FN2. The van der Waals surface area contributed by atoms with Crippen LogP contribution in [0.1, 0.15) is 11.1 Å². The third kappa shape index (κ3) is 2.13. The number of benzene rings is 1. The molecule has 0 aliphatic rings. The second kappa shape index (κ2) is 4.09. The summed E-state index contributed by atoms with van der Waals surface area (Å²) in [6.07, 6.45) is 5.25. The number of hydrogen-bond acceptors (Lipinski definition) is 1. The molecule has 2 aromatic rings. The lowest BCUT2D eigenvalue weighted by atomic mass is 10.2. The van der Waals surface area contributed by atoms with E-state index in [-0.39, 0.29) is 5.82 Å². The Morgan fingerprint density at radius 2 is 2.20 bits per heavy atom. The van der Waals surface area contributed by atoms with Crippen molar-refractivity contribution in [3.8, 4) is 0 Å². The van der Waals surface area contributed by atoms with Gasteiger partial charge in [-0.25, -0.2) is 4.39 Å². The van der Waals surface area contributed by atoms with Gasteiger partial charge in [0.25, 0.3) is 0 Å². The molecule has 15 heavy (non-hydrogen) atoms. The molecule has 0 unspecified atom stereocenters. The minimum absolute atomic E-state index is 0.201. The fraction of sp³-hybridized carbons (Fsp3) is 0.0833. The first-order valence-electron chi connectivity index (χ1n) is 4.68. The topological polar surface area (TPSA) is 17.8 Å². The zero-order chi connectivity index (χ0) is 10.7. The van der Waals surface area contributed by atoms with Crippen molar-refractivity contribution in [2.24, 2.45) is 0 Å². The Morgan fingerprint density at radius 3 is 2.87 bits per heavy atom. The SMILES string of the molecule is C=Cc1cnn(Cc2ccccc2F)c1. The van der Waals surface area contributed by atoms with Gasteiger partial charge in [0.2, 0.25) is 0 Å². The van der Waals surface area contributed by atoms with Gasteiger partial charge in [-0.2, -0.15) is 5.10 Å². The molecule has 0 saturated heterocycles. The third-order valence-corrected chi connectivity index (χ3v) is 2.18. The van der Waals surface area contributed by atoms with Crippen LogP contribution in [-0.2, 0) is 6.54 Å². The molecule has 2 rings (SSSR count). The molecule has 76 valence electrons. The highest BCUT2D eigenvalue weighted by molar-refractivity contribution is 5.43. The molecule has 1 aromatic carbocycles. The molecule has 0 aliphatic carbocycles. The van der Waals surface area contributed by atoms with Gasteiger partial charge in [0.05, 0.1) is 12.7 Å². The summed E-state index contributed by atoms with van der Waals surface area (Å²) in [5.74, 6) is -0.201. The lowest BCUT2D eigenvalue weighted by Crippen LogP contribution is -2.01. The molecule has 2 nitrogen and oxygen atoms in total. The first-order chi connectivity index (χ1) is 7.29. The van der Waals surface area contributed by atoms with Crippen molar-refractivity contribution in [3.05, 3.63) is 60.2 Å². The Balaban J connectivity index is 2.22. The number of halogens is 1. The van der Waals surface area contributed by atoms with Crippen molar-refractivity contribution < 1.29 is 4.39 Å². The van der Waals surface area contributed by atoms with Gasteiger partial charge >= 0.3 is 0 Å². The molecule has 0 radical (unpaired) electrons. The zero-order valence-corrected chi connectivity index (χ0v) is 8.23. The van der Waals surface area contributed by atoms with E-state index >= 15 is 0 Å². The monoisotopic (exact) mass is 202 g/mol. The Labute approximate surface area is 87.7 Å². The van der Waals surface area contributed by atoms with Gasteiger partial charge in [-0.15, -0.1) is 0 Å².